The van der Waals surface area contributed by atoms with Crippen molar-refractivity contribution < 1.29 is 44.5 Å². The number of benzene rings is 2. The standard InChI is InChI=1S/C24H28N2O10S4/c1-5-33-23(27)21(25-35-39(29,30)19-11-7-17(3)8-12-19)37-15-16-38-22(24(28)34-6-2)26-36-40(31,32)20-13-9-18(4)10-14-20/h7-14H,5-6,15-16H2,1-4H3/b25-21-,26-22-. The molecule has 218 valence electrons. The van der Waals surface area contributed by atoms with Crippen molar-refractivity contribution in [3.63, 3.8) is 0 Å². The summed E-state index contributed by atoms with van der Waals surface area (Å²) in [5.74, 6) is -1.66. The lowest BCUT2D eigenvalue weighted by atomic mass is 10.2. The van der Waals surface area contributed by atoms with Crippen molar-refractivity contribution in [2.75, 3.05) is 24.7 Å². The van der Waals surface area contributed by atoms with Crippen molar-refractivity contribution in [3.05, 3.63) is 59.7 Å². The number of carbonyl (C=O) groups excluding carboxylic acids is 2. The molecule has 2 aromatic rings. The summed E-state index contributed by atoms with van der Waals surface area (Å²) in [7, 11) is -8.59. The van der Waals surface area contributed by atoms with Crippen molar-refractivity contribution in [3.8, 4) is 0 Å². The first-order valence-electron chi connectivity index (χ1n) is 11.7. The van der Waals surface area contributed by atoms with Crippen LogP contribution in [0.5, 0.6) is 0 Å². The Morgan fingerprint density at radius 1 is 0.650 bits per heavy atom. The van der Waals surface area contributed by atoms with Crippen LogP contribution in [0.4, 0.5) is 0 Å². The fourth-order valence-corrected chi connectivity index (χ4v) is 5.71. The average molecular weight is 633 g/mol. The average Bonchev–Trinajstić information content (AvgIpc) is 2.90. The zero-order valence-electron chi connectivity index (χ0n) is 22.1. The molecule has 0 aliphatic carbocycles. The number of thioether (sulfide) groups is 2. The third-order valence-electron chi connectivity index (χ3n) is 4.52. The Hall–Kier alpha value is -3.08. The van der Waals surface area contributed by atoms with Crippen LogP contribution in [0.25, 0.3) is 0 Å². The van der Waals surface area contributed by atoms with E-state index < -0.39 is 32.2 Å². The smallest absolute Gasteiger partial charge is 0.367 e. The van der Waals surface area contributed by atoms with Gasteiger partial charge in [-0.25, -0.2) is 9.59 Å². The van der Waals surface area contributed by atoms with E-state index in [1.807, 2.05) is 0 Å². The lowest BCUT2D eigenvalue weighted by Crippen LogP contribution is -2.18. The Labute approximate surface area is 241 Å². The molecule has 0 aliphatic heterocycles. The lowest BCUT2D eigenvalue weighted by molar-refractivity contribution is -0.135. The highest BCUT2D eigenvalue weighted by molar-refractivity contribution is 8.18. The van der Waals surface area contributed by atoms with E-state index in [1.165, 1.54) is 24.3 Å². The summed E-state index contributed by atoms with van der Waals surface area (Å²) in [6.45, 7) is 6.71. The molecule has 12 nitrogen and oxygen atoms in total. The van der Waals surface area contributed by atoms with Gasteiger partial charge in [-0.15, -0.1) is 0 Å². The molecule has 0 saturated carbocycles. The lowest BCUT2D eigenvalue weighted by Gasteiger charge is -2.08. The van der Waals surface area contributed by atoms with Gasteiger partial charge in [0.05, 0.1) is 13.2 Å². The zero-order valence-corrected chi connectivity index (χ0v) is 25.3. The Bertz CT molecular complexity index is 1330. The predicted molar refractivity (Wildman–Crippen MR) is 152 cm³/mol. The number of nitrogens with zero attached hydrogens (tertiary/aromatic N) is 2. The summed E-state index contributed by atoms with van der Waals surface area (Å²) in [5.41, 5.74) is 1.68. The second-order valence-electron chi connectivity index (χ2n) is 7.61. The van der Waals surface area contributed by atoms with Gasteiger partial charge < -0.3 is 9.47 Å². The third kappa shape index (κ3) is 10.5. The van der Waals surface area contributed by atoms with Gasteiger partial charge in [0.25, 0.3) is 0 Å². The van der Waals surface area contributed by atoms with Crippen LogP contribution in [-0.2, 0) is 47.9 Å². The van der Waals surface area contributed by atoms with Crippen LogP contribution < -0.4 is 0 Å². The highest BCUT2D eigenvalue weighted by Crippen LogP contribution is 2.19. The van der Waals surface area contributed by atoms with Crippen molar-refractivity contribution in [2.24, 2.45) is 10.3 Å². The van der Waals surface area contributed by atoms with Gasteiger partial charge in [-0.1, -0.05) is 69.2 Å². The number of ether oxygens (including phenoxy) is 2. The van der Waals surface area contributed by atoms with Gasteiger partial charge in [-0.2, -0.15) is 16.8 Å². The molecule has 0 heterocycles. The zero-order chi connectivity index (χ0) is 29.8. The number of hydrogen-bond acceptors (Lipinski definition) is 14. The Kier molecular flexibility index (Phi) is 13.0. The summed E-state index contributed by atoms with van der Waals surface area (Å²) < 4.78 is 69.0. The summed E-state index contributed by atoms with van der Waals surface area (Å²) in [6, 6.07) is 11.7. The van der Waals surface area contributed by atoms with Gasteiger partial charge >= 0.3 is 32.2 Å². The minimum Gasteiger partial charge on any atom is -0.461 e. The molecule has 0 radical (unpaired) electrons. The van der Waals surface area contributed by atoms with E-state index in [2.05, 4.69) is 10.3 Å². The molecule has 0 amide bonds. The largest absolute Gasteiger partial charge is 0.461 e. The quantitative estimate of drug-likeness (QED) is 0.116. The van der Waals surface area contributed by atoms with E-state index in [0.717, 1.165) is 34.7 Å². The molecule has 0 saturated heterocycles. The normalized spacial score (nSPS) is 12.5. The molecule has 2 rings (SSSR count). The van der Waals surface area contributed by atoms with Crippen molar-refractivity contribution in [1.82, 2.24) is 0 Å². The molecule has 0 unspecified atom stereocenters. The maximum Gasteiger partial charge on any atom is 0.367 e. The Morgan fingerprint density at radius 3 is 1.27 bits per heavy atom. The maximum atomic E-state index is 12.4. The van der Waals surface area contributed by atoms with Crippen LogP contribution in [0.2, 0.25) is 0 Å². The number of rotatable bonds is 11. The molecule has 0 aromatic heterocycles. The second kappa shape index (κ2) is 15.6. The SMILES string of the molecule is CCOC(=O)/C(=N/OS(=O)(=O)c1ccc(C)cc1)SCCS/C(=N\OS(=O)(=O)c1ccc(C)cc1)C(=O)OCC. The van der Waals surface area contributed by atoms with Gasteiger partial charge in [-0.3, -0.25) is 8.57 Å². The van der Waals surface area contributed by atoms with E-state index in [-0.39, 0.29) is 44.6 Å². The number of aryl methyl sites for hydroxylation is 2. The molecule has 0 bridgehead atoms. The van der Waals surface area contributed by atoms with E-state index in [9.17, 15) is 26.4 Å². The number of oxime groups is 2. The van der Waals surface area contributed by atoms with E-state index in [4.69, 9.17) is 18.0 Å². The fourth-order valence-electron chi connectivity index (χ4n) is 2.57. The van der Waals surface area contributed by atoms with Gasteiger partial charge in [0.1, 0.15) is 9.79 Å². The number of carbonyl (C=O) groups is 2. The van der Waals surface area contributed by atoms with Crippen molar-refractivity contribution >= 4 is 65.8 Å². The van der Waals surface area contributed by atoms with Crippen LogP contribution in [0, 0.1) is 13.8 Å². The summed E-state index contributed by atoms with van der Waals surface area (Å²) >= 11 is 1.59. The van der Waals surface area contributed by atoms with E-state index >= 15 is 0 Å². The topological polar surface area (TPSA) is 164 Å². The summed E-state index contributed by atoms with van der Waals surface area (Å²) in [4.78, 5) is 24.3. The van der Waals surface area contributed by atoms with E-state index in [1.54, 1.807) is 52.0 Å². The van der Waals surface area contributed by atoms with Crippen LogP contribution in [0.15, 0.2) is 68.6 Å². The minimum atomic E-state index is -4.30. The molecule has 0 spiro atoms. The van der Waals surface area contributed by atoms with Gasteiger partial charge in [-0.05, 0) is 52.0 Å². The highest BCUT2D eigenvalue weighted by Gasteiger charge is 2.22. The highest BCUT2D eigenvalue weighted by atomic mass is 32.2. The molecule has 0 aliphatic rings. The van der Waals surface area contributed by atoms with Crippen molar-refractivity contribution in [2.45, 2.75) is 37.5 Å². The van der Waals surface area contributed by atoms with Gasteiger partial charge in [0, 0.05) is 11.5 Å². The first-order valence-corrected chi connectivity index (χ1v) is 16.4. The Morgan fingerprint density at radius 2 is 0.975 bits per heavy atom. The first kappa shape index (κ1) is 33.1. The second-order valence-corrected chi connectivity index (χ2v) is 12.8. The van der Waals surface area contributed by atoms with Gasteiger partial charge in [0.2, 0.25) is 10.1 Å². The summed E-state index contributed by atoms with van der Waals surface area (Å²) in [5, 5.41) is 6.20. The first-order chi connectivity index (χ1) is 18.9. The Balaban J connectivity index is 2.10. The minimum absolute atomic E-state index is 0.00430. The molecular formula is C24H28N2O10S4. The number of hydrogen-bond donors (Lipinski definition) is 0. The molecule has 2 aromatic carbocycles. The molecule has 0 atom stereocenters. The van der Waals surface area contributed by atoms with Crippen LogP contribution >= 0.6 is 23.5 Å². The molecule has 16 heteroatoms. The van der Waals surface area contributed by atoms with Crippen LogP contribution in [0.3, 0.4) is 0 Å². The van der Waals surface area contributed by atoms with Crippen molar-refractivity contribution in [1.29, 1.82) is 0 Å². The predicted octanol–water partition coefficient (Wildman–Crippen LogP) is 3.63. The number of esters is 2. The summed E-state index contributed by atoms with van der Waals surface area (Å²) in [6.07, 6.45) is 0. The van der Waals surface area contributed by atoms with Crippen LogP contribution in [-0.4, -0.2) is 63.6 Å². The third-order valence-corrected chi connectivity index (χ3v) is 8.86. The molecule has 0 N–H and O–H groups in total. The monoisotopic (exact) mass is 632 g/mol. The molecule has 40 heavy (non-hydrogen) atoms. The molecular weight excluding hydrogens is 605 g/mol. The van der Waals surface area contributed by atoms with Gasteiger partial charge in [0.15, 0.2) is 0 Å². The molecule has 0 fully saturated rings. The van der Waals surface area contributed by atoms with E-state index in [0.29, 0.717) is 0 Å². The fraction of sp³-hybridized carbons (Fsp3) is 0.333. The maximum absolute atomic E-state index is 12.4. The van der Waals surface area contributed by atoms with Crippen LogP contribution in [0.1, 0.15) is 25.0 Å².